The van der Waals surface area contributed by atoms with Crippen molar-refractivity contribution >= 4 is 16.3 Å². The first-order valence-electron chi connectivity index (χ1n) is 5.69. The maximum atomic E-state index is 4.53. The number of hydrogen-bond acceptors (Lipinski definition) is 5. The van der Waals surface area contributed by atoms with Crippen molar-refractivity contribution < 1.29 is 0 Å². The van der Waals surface area contributed by atoms with Crippen LogP contribution in [-0.2, 0) is 0 Å². The minimum atomic E-state index is 0.657. The molecule has 4 aromatic rings. The minimum absolute atomic E-state index is 0.657. The highest BCUT2D eigenvalue weighted by molar-refractivity contribution is 7.19. The van der Waals surface area contributed by atoms with Crippen molar-refractivity contribution in [3.05, 3.63) is 42.7 Å². The van der Waals surface area contributed by atoms with Gasteiger partial charge in [-0.3, -0.25) is 4.98 Å². The molecule has 0 atom stereocenters. The Morgan fingerprint density at radius 1 is 1.11 bits per heavy atom. The van der Waals surface area contributed by atoms with Crippen molar-refractivity contribution in [2.45, 2.75) is 0 Å². The van der Waals surface area contributed by atoms with Crippen molar-refractivity contribution in [3.8, 4) is 22.2 Å². The Kier molecular flexibility index (Phi) is 2.18. The smallest absolute Gasteiger partial charge is 0.235 e. The molecule has 92 valence electrons. The summed E-state index contributed by atoms with van der Waals surface area (Å²) in [6.07, 6.45) is 3.60. The number of fused-ring (bicyclic) bond motifs is 1. The molecule has 4 rings (SSSR count). The Morgan fingerprint density at radius 3 is 2.89 bits per heavy atom. The molecule has 19 heavy (non-hydrogen) atoms. The number of aromatic amines is 1. The van der Waals surface area contributed by atoms with E-state index in [1.165, 1.54) is 11.3 Å². The zero-order valence-electron chi connectivity index (χ0n) is 9.69. The van der Waals surface area contributed by atoms with E-state index in [4.69, 9.17) is 0 Å². The van der Waals surface area contributed by atoms with Crippen molar-refractivity contribution in [1.82, 2.24) is 29.8 Å². The van der Waals surface area contributed by atoms with Crippen molar-refractivity contribution in [3.63, 3.8) is 0 Å². The van der Waals surface area contributed by atoms with Crippen LogP contribution in [0.4, 0.5) is 0 Å². The molecular formula is C12H8N6S. The average Bonchev–Trinajstić information content (AvgIpc) is 3.15. The molecule has 1 N–H and O–H groups in total. The SMILES string of the molecule is c1ccc(-c2nnc3sc(-c4ccc[nH]4)nn23)nc1. The first-order chi connectivity index (χ1) is 9.42. The molecule has 0 aliphatic carbocycles. The van der Waals surface area contributed by atoms with E-state index in [1.807, 2.05) is 36.5 Å². The van der Waals surface area contributed by atoms with E-state index >= 15 is 0 Å². The summed E-state index contributed by atoms with van der Waals surface area (Å²) < 4.78 is 1.73. The van der Waals surface area contributed by atoms with E-state index < -0.39 is 0 Å². The van der Waals surface area contributed by atoms with Gasteiger partial charge < -0.3 is 4.98 Å². The fourth-order valence-electron chi connectivity index (χ4n) is 1.84. The van der Waals surface area contributed by atoms with Crippen LogP contribution in [0.15, 0.2) is 42.7 Å². The number of nitrogens with zero attached hydrogens (tertiary/aromatic N) is 5. The van der Waals surface area contributed by atoms with Crippen molar-refractivity contribution in [2.75, 3.05) is 0 Å². The molecule has 0 saturated heterocycles. The van der Waals surface area contributed by atoms with Crippen LogP contribution in [0.1, 0.15) is 0 Å². The number of rotatable bonds is 2. The number of pyridine rings is 1. The van der Waals surface area contributed by atoms with Gasteiger partial charge in [-0.25, -0.2) is 0 Å². The molecule has 4 aromatic heterocycles. The summed E-state index contributed by atoms with van der Waals surface area (Å²) in [6.45, 7) is 0. The second-order valence-corrected chi connectivity index (χ2v) is 4.88. The van der Waals surface area contributed by atoms with Gasteiger partial charge in [0, 0.05) is 12.4 Å². The van der Waals surface area contributed by atoms with Gasteiger partial charge in [0.25, 0.3) is 0 Å². The Bertz CT molecular complexity index is 815. The van der Waals surface area contributed by atoms with Crippen LogP contribution < -0.4 is 0 Å². The highest BCUT2D eigenvalue weighted by Gasteiger charge is 2.14. The Balaban J connectivity index is 1.90. The van der Waals surface area contributed by atoms with Crippen LogP contribution in [0.2, 0.25) is 0 Å². The van der Waals surface area contributed by atoms with E-state index in [1.54, 1.807) is 10.7 Å². The third kappa shape index (κ3) is 1.63. The second-order valence-electron chi connectivity index (χ2n) is 3.92. The maximum absolute atomic E-state index is 4.53. The number of aromatic nitrogens is 6. The molecule has 0 saturated carbocycles. The van der Waals surface area contributed by atoms with Crippen molar-refractivity contribution in [2.24, 2.45) is 0 Å². The van der Waals surface area contributed by atoms with Gasteiger partial charge in [0.15, 0.2) is 5.01 Å². The molecule has 4 heterocycles. The van der Waals surface area contributed by atoms with E-state index in [2.05, 4.69) is 25.3 Å². The largest absolute Gasteiger partial charge is 0.359 e. The highest BCUT2D eigenvalue weighted by Crippen LogP contribution is 2.26. The topological polar surface area (TPSA) is 71.8 Å². The average molecular weight is 268 g/mol. The molecule has 0 spiro atoms. The molecule has 7 heteroatoms. The van der Waals surface area contributed by atoms with Crippen LogP contribution >= 0.6 is 11.3 Å². The van der Waals surface area contributed by atoms with E-state index in [0.717, 1.165) is 21.4 Å². The third-order valence-corrected chi connectivity index (χ3v) is 3.65. The zero-order chi connectivity index (χ0) is 12.7. The number of H-pyrrole nitrogens is 1. The molecule has 0 unspecified atom stereocenters. The lowest BCUT2D eigenvalue weighted by atomic mass is 10.3. The first kappa shape index (κ1) is 10.4. The molecule has 0 aromatic carbocycles. The zero-order valence-corrected chi connectivity index (χ0v) is 10.5. The summed E-state index contributed by atoms with van der Waals surface area (Å²) in [7, 11) is 0. The Hall–Kier alpha value is -2.54. The molecule has 6 nitrogen and oxygen atoms in total. The normalized spacial score (nSPS) is 11.2. The van der Waals surface area contributed by atoms with Gasteiger partial charge in [0.1, 0.15) is 5.69 Å². The quantitative estimate of drug-likeness (QED) is 0.605. The first-order valence-corrected chi connectivity index (χ1v) is 6.51. The predicted molar refractivity (Wildman–Crippen MR) is 71.7 cm³/mol. The molecule has 0 aliphatic rings. The summed E-state index contributed by atoms with van der Waals surface area (Å²) in [5.74, 6) is 0.657. The number of nitrogens with one attached hydrogen (secondary N) is 1. The highest BCUT2D eigenvalue weighted by atomic mass is 32.1. The molecule has 0 amide bonds. The number of hydrogen-bond donors (Lipinski definition) is 1. The second kappa shape index (κ2) is 3.99. The summed E-state index contributed by atoms with van der Waals surface area (Å²) in [6, 6.07) is 9.60. The molecule has 0 aliphatic heterocycles. The molecule has 0 bridgehead atoms. The summed E-state index contributed by atoms with van der Waals surface area (Å²) in [5.41, 5.74) is 1.74. The van der Waals surface area contributed by atoms with Crippen molar-refractivity contribution in [1.29, 1.82) is 0 Å². The standard InChI is InChI=1S/C12H8N6S/c1-2-6-13-8(4-1)10-15-16-12-18(10)17-11(19-12)9-5-3-7-14-9/h1-7,14H. The van der Waals surface area contributed by atoms with Gasteiger partial charge in [-0.2, -0.15) is 9.61 Å². The lowest BCUT2D eigenvalue weighted by molar-refractivity contribution is 0.959. The predicted octanol–water partition coefficient (Wildman–Crippen LogP) is 2.24. The monoisotopic (exact) mass is 268 g/mol. The fourth-order valence-corrected chi connectivity index (χ4v) is 2.67. The van der Waals surface area contributed by atoms with Gasteiger partial charge in [0.2, 0.25) is 10.8 Å². The minimum Gasteiger partial charge on any atom is -0.359 e. The molecule has 0 fully saturated rings. The summed E-state index contributed by atoms with van der Waals surface area (Å²) >= 11 is 1.49. The third-order valence-electron chi connectivity index (χ3n) is 2.71. The Labute approximate surface area is 111 Å². The lowest BCUT2D eigenvalue weighted by Gasteiger charge is -1.94. The van der Waals surface area contributed by atoms with E-state index in [9.17, 15) is 0 Å². The van der Waals surface area contributed by atoms with Gasteiger partial charge in [-0.15, -0.1) is 10.2 Å². The van der Waals surface area contributed by atoms with Crippen LogP contribution in [0.25, 0.3) is 27.2 Å². The molecular weight excluding hydrogens is 260 g/mol. The van der Waals surface area contributed by atoms with Crippen LogP contribution in [0.3, 0.4) is 0 Å². The summed E-state index contributed by atoms with van der Waals surface area (Å²) in [5, 5.41) is 13.7. The van der Waals surface area contributed by atoms with Gasteiger partial charge >= 0.3 is 0 Å². The lowest BCUT2D eigenvalue weighted by Crippen LogP contribution is -1.92. The Morgan fingerprint density at radius 2 is 2.11 bits per heavy atom. The van der Waals surface area contributed by atoms with E-state index in [-0.39, 0.29) is 0 Å². The van der Waals surface area contributed by atoms with Crippen LogP contribution in [0.5, 0.6) is 0 Å². The van der Waals surface area contributed by atoms with Gasteiger partial charge in [0.05, 0.1) is 5.69 Å². The summed E-state index contributed by atoms with van der Waals surface area (Å²) in [4.78, 5) is 8.17. The van der Waals surface area contributed by atoms with Gasteiger partial charge in [-0.05, 0) is 24.3 Å². The van der Waals surface area contributed by atoms with Crippen LogP contribution in [0, 0.1) is 0 Å². The van der Waals surface area contributed by atoms with Crippen LogP contribution in [-0.4, -0.2) is 29.8 Å². The maximum Gasteiger partial charge on any atom is 0.235 e. The molecule has 0 radical (unpaired) electrons. The fraction of sp³-hybridized carbons (Fsp3) is 0. The van der Waals surface area contributed by atoms with E-state index in [0.29, 0.717) is 5.82 Å². The van der Waals surface area contributed by atoms with Gasteiger partial charge in [-0.1, -0.05) is 17.4 Å².